The summed E-state index contributed by atoms with van der Waals surface area (Å²) in [7, 11) is 0. The molecule has 2 heterocycles. The van der Waals surface area contributed by atoms with E-state index in [4.69, 9.17) is 16.3 Å². The maximum Gasteiger partial charge on any atom is 0.223 e. The lowest BCUT2D eigenvalue weighted by Crippen LogP contribution is -2.44. The summed E-state index contributed by atoms with van der Waals surface area (Å²) in [5.41, 5.74) is 1.28. The van der Waals surface area contributed by atoms with Crippen molar-refractivity contribution >= 4 is 17.5 Å². The highest BCUT2D eigenvalue weighted by Gasteiger charge is 2.24. The van der Waals surface area contributed by atoms with Crippen LogP contribution in [0.2, 0.25) is 5.02 Å². The third-order valence-electron chi connectivity index (χ3n) is 5.11. The Labute approximate surface area is 155 Å². The van der Waals surface area contributed by atoms with E-state index in [2.05, 4.69) is 27.2 Å². The quantitative estimate of drug-likeness (QED) is 0.837. The van der Waals surface area contributed by atoms with Crippen molar-refractivity contribution in [2.75, 3.05) is 52.5 Å². The summed E-state index contributed by atoms with van der Waals surface area (Å²) in [5.74, 6) is 0.380. The summed E-state index contributed by atoms with van der Waals surface area (Å²) in [5, 5.41) is 3.89. The molecule has 2 saturated heterocycles. The third-order valence-corrected chi connectivity index (χ3v) is 5.36. The molecule has 2 fully saturated rings. The lowest BCUT2D eigenvalue weighted by atomic mass is 9.95. The van der Waals surface area contributed by atoms with Crippen LogP contribution in [0.5, 0.6) is 0 Å². The second kappa shape index (κ2) is 9.53. The van der Waals surface area contributed by atoms with Gasteiger partial charge in [-0.25, -0.2) is 0 Å². The highest BCUT2D eigenvalue weighted by molar-refractivity contribution is 6.30. The molecule has 0 bridgehead atoms. The predicted molar refractivity (Wildman–Crippen MR) is 99.7 cm³/mol. The summed E-state index contributed by atoms with van der Waals surface area (Å²) in [4.78, 5) is 17.1. The highest BCUT2D eigenvalue weighted by Crippen LogP contribution is 2.20. The van der Waals surface area contributed by atoms with Crippen molar-refractivity contribution in [1.82, 2.24) is 15.1 Å². The van der Waals surface area contributed by atoms with Crippen molar-refractivity contribution < 1.29 is 9.53 Å². The molecule has 0 radical (unpaired) electrons. The molecule has 1 N–H and O–H groups in total. The van der Waals surface area contributed by atoms with Gasteiger partial charge in [-0.3, -0.25) is 14.6 Å². The Hall–Kier alpha value is -1.14. The molecule has 2 aliphatic rings. The fourth-order valence-corrected chi connectivity index (χ4v) is 3.63. The zero-order chi connectivity index (χ0) is 17.5. The molecule has 0 atom stereocenters. The molecule has 2 aliphatic heterocycles. The van der Waals surface area contributed by atoms with Gasteiger partial charge in [-0.2, -0.15) is 0 Å². The molecule has 0 unspecified atom stereocenters. The van der Waals surface area contributed by atoms with Crippen LogP contribution in [0.4, 0.5) is 0 Å². The number of nitrogens with zero attached hydrogens (tertiary/aromatic N) is 2. The number of carbonyl (C=O) groups excluding carboxylic acids is 1. The topological polar surface area (TPSA) is 44.8 Å². The normalized spacial score (nSPS) is 20.5. The van der Waals surface area contributed by atoms with Crippen LogP contribution >= 0.6 is 11.6 Å². The van der Waals surface area contributed by atoms with E-state index in [1.54, 1.807) is 0 Å². The average Bonchev–Trinajstić information content (AvgIpc) is 2.65. The fraction of sp³-hybridized carbons (Fsp3) is 0.632. The number of piperidine rings is 1. The van der Waals surface area contributed by atoms with Crippen molar-refractivity contribution in [2.24, 2.45) is 5.92 Å². The molecule has 6 heteroatoms. The molecule has 1 amide bonds. The Balaban J connectivity index is 1.33. The van der Waals surface area contributed by atoms with E-state index in [9.17, 15) is 4.79 Å². The molecule has 0 aromatic heterocycles. The standard InChI is InChI=1S/C19H28ClN3O2/c20-18-3-1-16(2-4-18)15-23-8-5-17(6-9-23)19(24)21-7-10-22-11-13-25-14-12-22/h1-4,17H,5-15H2,(H,21,24). The van der Waals surface area contributed by atoms with E-state index in [1.807, 2.05) is 12.1 Å². The minimum Gasteiger partial charge on any atom is -0.379 e. The summed E-state index contributed by atoms with van der Waals surface area (Å²) in [6.45, 7) is 8.10. The summed E-state index contributed by atoms with van der Waals surface area (Å²) < 4.78 is 5.34. The monoisotopic (exact) mass is 365 g/mol. The molecule has 25 heavy (non-hydrogen) atoms. The van der Waals surface area contributed by atoms with Crippen molar-refractivity contribution in [3.63, 3.8) is 0 Å². The van der Waals surface area contributed by atoms with Gasteiger partial charge in [0.05, 0.1) is 13.2 Å². The minimum atomic E-state index is 0.158. The number of amides is 1. The first kappa shape index (κ1) is 18.6. The van der Waals surface area contributed by atoms with E-state index in [0.717, 1.165) is 76.9 Å². The van der Waals surface area contributed by atoms with Gasteiger partial charge in [-0.15, -0.1) is 0 Å². The number of hydrogen-bond donors (Lipinski definition) is 1. The first-order valence-corrected chi connectivity index (χ1v) is 9.63. The Bertz CT molecular complexity index is 538. The molecular weight excluding hydrogens is 338 g/mol. The Kier molecular flexibility index (Phi) is 7.11. The maximum absolute atomic E-state index is 12.4. The molecule has 5 nitrogen and oxygen atoms in total. The fourth-order valence-electron chi connectivity index (χ4n) is 3.51. The lowest BCUT2D eigenvalue weighted by molar-refractivity contribution is -0.126. The van der Waals surface area contributed by atoms with Gasteiger partial charge in [0.2, 0.25) is 5.91 Å². The number of benzene rings is 1. The number of ether oxygens (including phenoxy) is 1. The molecule has 0 saturated carbocycles. The van der Waals surface area contributed by atoms with Crippen molar-refractivity contribution in [1.29, 1.82) is 0 Å². The number of morpholine rings is 1. The second-order valence-electron chi connectivity index (χ2n) is 6.92. The van der Waals surface area contributed by atoms with Gasteiger partial charge in [0.15, 0.2) is 0 Å². The minimum absolute atomic E-state index is 0.158. The van der Waals surface area contributed by atoms with Crippen LogP contribution < -0.4 is 5.32 Å². The molecule has 1 aromatic carbocycles. The summed E-state index contributed by atoms with van der Waals surface area (Å²) in [6, 6.07) is 8.02. The second-order valence-corrected chi connectivity index (χ2v) is 7.36. The third kappa shape index (κ3) is 5.96. The SMILES string of the molecule is O=C(NCCN1CCOCC1)C1CCN(Cc2ccc(Cl)cc2)CC1. The Morgan fingerprint density at radius 1 is 1.08 bits per heavy atom. The number of halogens is 1. The summed E-state index contributed by atoms with van der Waals surface area (Å²) >= 11 is 5.93. The number of hydrogen-bond acceptors (Lipinski definition) is 4. The molecule has 0 spiro atoms. The zero-order valence-electron chi connectivity index (χ0n) is 14.8. The first-order valence-electron chi connectivity index (χ1n) is 9.25. The molecule has 3 rings (SSSR count). The smallest absolute Gasteiger partial charge is 0.223 e. The van der Waals surface area contributed by atoms with Crippen LogP contribution in [0.3, 0.4) is 0 Å². The van der Waals surface area contributed by atoms with Gasteiger partial charge < -0.3 is 10.1 Å². The van der Waals surface area contributed by atoms with Crippen LogP contribution in [-0.2, 0) is 16.1 Å². The number of carbonyl (C=O) groups is 1. The van der Waals surface area contributed by atoms with Crippen molar-refractivity contribution in [3.8, 4) is 0 Å². The van der Waals surface area contributed by atoms with Crippen LogP contribution in [0.25, 0.3) is 0 Å². The predicted octanol–water partition coefficient (Wildman–Crippen LogP) is 2.00. The van der Waals surface area contributed by atoms with Gasteiger partial charge in [0.25, 0.3) is 0 Å². The van der Waals surface area contributed by atoms with E-state index in [1.165, 1.54) is 5.56 Å². The first-order chi connectivity index (χ1) is 12.2. The van der Waals surface area contributed by atoms with Gasteiger partial charge in [0, 0.05) is 43.7 Å². The Morgan fingerprint density at radius 3 is 2.44 bits per heavy atom. The number of rotatable bonds is 6. The van der Waals surface area contributed by atoms with Gasteiger partial charge in [-0.05, 0) is 43.6 Å². The van der Waals surface area contributed by atoms with E-state index in [-0.39, 0.29) is 11.8 Å². The molecule has 138 valence electrons. The van der Waals surface area contributed by atoms with Crippen LogP contribution in [0, 0.1) is 5.92 Å². The molecule has 0 aliphatic carbocycles. The van der Waals surface area contributed by atoms with E-state index in [0.29, 0.717) is 0 Å². The van der Waals surface area contributed by atoms with Crippen molar-refractivity contribution in [2.45, 2.75) is 19.4 Å². The van der Waals surface area contributed by atoms with Gasteiger partial charge in [0.1, 0.15) is 0 Å². The number of nitrogens with one attached hydrogen (secondary N) is 1. The van der Waals surface area contributed by atoms with Crippen LogP contribution in [0.1, 0.15) is 18.4 Å². The lowest BCUT2D eigenvalue weighted by Gasteiger charge is -2.31. The number of likely N-dealkylation sites (tertiary alicyclic amines) is 1. The van der Waals surface area contributed by atoms with E-state index >= 15 is 0 Å². The van der Waals surface area contributed by atoms with Crippen LogP contribution in [0.15, 0.2) is 24.3 Å². The Morgan fingerprint density at radius 2 is 1.76 bits per heavy atom. The zero-order valence-corrected chi connectivity index (χ0v) is 15.5. The highest BCUT2D eigenvalue weighted by atomic mass is 35.5. The molecular formula is C19H28ClN3O2. The molecule has 1 aromatic rings. The van der Waals surface area contributed by atoms with Crippen molar-refractivity contribution in [3.05, 3.63) is 34.9 Å². The van der Waals surface area contributed by atoms with Gasteiger partial charge in [-0.1, -0.05) is 23.7 Å². The van der Waals surface area contributed by atoms with E-state index < -0.39 is 0 Å². The van der Waals surface area contributed by atoms with Gasteiger partial charge >= 0.3 is 0 Å². The average molecular weight is 366 g/mol. The summed E-state index contributed by atoms with van der Waals surface area (Å²) in [6.07, 6.45) is 1.88. The van der Waals surface area contributed by atoms with Crippen LogP contribution in [-0.4, -0.2) is 68.2 Å². The maximum atomic E-state index is 12.4. The largest absolute Gasteiger partial charge is 0.379 e.